The minimum atomic E-state index is -0.283. The number of amides is 1. The third-order valence-electron chi connectivity index (χ3n) is 3.15. The van der Waals surface area contributed by atoms with Gasteiger partial charge < -0.3 is 10.1 Å². The molecule has 0 saturated heterocycles. The van der Waals surface area contributed by atoms with E-state index in [2.05, 4.69) is 10.3 Å². The van der Waals surface area contributed by atoms with E-state index in [1.165, 1.54) is 0 Å². The topological polar surface area (TPSA) is 51.2 Å². The average Bonchev–Trinajstić information content (AvgIpc) is 2.56. The van der Waals surface area contributed by atoms with E-state index in [0.29, 0.717) is 21.5 Å². The molecular weight excluding hydrogens is 335 g/mol. The number of nitrogens with one attached hydrogen (secondary N) is 1. The molecule has 0 spiro atoms. The predicted molar refractivity (Wildman–Crippen MR) is 92.3 cm³/mol. The van der Waals surface area contributed by atoms with E-state index in [9.17, 15) is 4.79 Å². The fourth-order valence-electron chi connectivity index (χ4n) is 2.06. The summed E-state index contributed by atoms with van der Waals surface area (Å²) in [6, 6.07) is 14.1. The van der Waals surface area contributed by atoms with Crippen LogP contribution in [0.5, 0.6) is 5.75 Å². The number of pyridine rings is 1. The van der Waals surface area contributed by atoms with Crippen LogP contribution in [0.25, 0.3) is 10.9 Å². The molecule has 0 aliphatic rings. The highest BCUT2D eigenvalue weighted by Crippen LogP contribution is 2.25. The van der Waals surface area contributed by atoms with Crippen molar-refractivity contribution in [1.29, 1.82) is 0 Å². The molecule has 1 heterocycles. The number of halogens is 2. The van der Waals surface area contributed by atoms with Gasteiger partial charge in [-0.3, -0.25) is 9.78 Å². The van der Waals surface area contributed by atoms with Crippen molar-refractivity contribution in [3.05, 3.63) is 64.8 Å². The Morgan fingerprint density at radius 2 is 1.96 bits per heavy atom. The van der Waals surface area contributed by atoms with E-state index in [4.69, 9.17) is 27.9 Å². The van der Waals surface area contributed by atoms with Gasteiger partial charge in [-0.2, -0.15) is 0 Å². The third kappa shape index (κ3) is 3.92. The van der Waals surface area contributed by atoms with Crippen LogP contribution in [0.3, 0.4) is 0 Å². The van der Waals surface area contributed by atoms with Crippen LogP contribution in [0, 0.1) is 0 Å². The van der Waals surface area contributed by atoms with Gasteiger partial charge >= 0.3 is 0 Å². The number of hydrogen-bond donors (Lipinski definition) is 1. The fraction of sp³-hybridized carbons (Fsp3) is 0.0588. The number of nitrogens with zero attached hydrogens (tertiary/aromatic N) is 1. The van der Waals surface area contributed by atoms with Gasteiger partial charge in [-0.1, -0.05) is 29.3 Å². The minimum Gasteiger partial charge on any atom is -0.484 e. The molecule has 2 aromatic carbocycles. The third-order valence-corrected chi connectivity index (χ3v) is 3.89. The van der Waals surface area contributed by atoms with E-state index in [1.807, 2.05) is 24.3 Å². The number of fused-ring (bicyclic) bond motifs is 1. The smallest absolute Gasteiger partial charge is 0.262 e. The summed E-state index contributed by atoms with van der Waals surface area (Å²) in [7, 11) is 0. The van der Waals surface area contributed by atoms with Crippen LogP contribution >= 0.6 is 23.2 Å². The number of carbonyl (C=O) groups excluding carboxylic acids is 1. The monoisotopic (exact) mass is 346 g/mol. The maximum Gasteiger partial charge on any atom is 0.262 e. The lowest BCUT2D eigenvalue weighted by molar-refractivity contribution is -0.118. The summed E-state index contributed by atoms with van der Waals surface area (Å²) in [6.07, 6.45) is 1.73. The Kier molecular flexibility index (Phi) is 4.65. The predicted octanol–water partition coefficient (Wildman–Crippen LogP) is 4.56. The molecule has 3 rings (SSSR count). The van der Waals surface area contributed by atoms with Crippen LogP contribution in [0.2, 0.25) is 10.0 Å². The van der Waals surface area contributed by atoms with E-state index >= 15 is 0 Å². The molecular formula is C17H12Cl2N2O2. The van der Waals surface area contributed by atoms with Gasteiger partial charge in [0.05, 0.1) is 15.6 Å². The molecule has 116 valence electrons. The summed E-state index contributed by atoms with van der Waals surface area (Å²) in [5, 5.41) is 4.47. The summed E-state index contributed by atoms with van der Waals surface area (Å²) < 4.78 is 5.50. The lowest BCUT2D eigenvalue weighted by atomic mass is 10.2. The zero-order valence-corrected chi connectivity index (χ0v) is 13.4. The first-order chi connectivity index (χ1) is 11.1. The lowest BCUT2D eigenvalue weighted by Gasteiger charge is -2.09. The Morgan fingerprint density at radius 1 is 1.09 bits per heavy atom. The molecule has 4 nitrogen and oxygen atoms in total. The average molecular weight is 347 g/mol. The van der Waals surface area contributed by atoms with Crippen molar-refractivity contribution in [2.24, 2.45) is 0 Å². The van der Waals surface area contributed by atoms with Crippen LogP contribution in [0.4, 0.5) is 5.69 Å². The number of carbonyl (C=O) groups is 1. The lowest BCUT2D eigenvalue weighted by Crippen LogP contribution is -2.20. The van der Waals surface area contributed by atoms with Gasteiger partial charge in [-0.05, 0) is 42.5 Å². The van der Waals surface area contributed by atoms with Crippen molar-refractivity contribution in [2.45, 2.75) is 0 Å². The van der Waals surface area contributed by atoms with Gasteiger partial charge in [0.25, 0.3) is 5.91 Å². The molecule has 23 heavy (non-hydrogen) atoms. The second-order valence-corrected chi connectivity index (χ2v) is 5.64. The molecule has 1 N–H and O–H groups in total. The Balaban J connectivity index is 1.62. The zero-order valence-electron chi connectivity index (χ0n) is 11.9. The maximum absolute atomic E-state index is 11.9. The molecule has 0 fully saturated rings. The molecule has 0 bridgehead atoms. The number of benzene rings is 2. The van der Waals surface area contributed by atoms with Crippen LogP contribution in [-0.4, -0.2) is 17.5 Å². The van der Waals surface area contributed by atoms with E-state index < -0.39 is 0 Å². The Morgan fingerprint density at radius 3 is 2.78 bits per heavy atom. The van der Waals surface area contributed by atoms with Crippen LogP contribution < -0.4 is 10.1 Å². The summed E-state index contributed by atoms with van der Waals surface area (Å²) in [6.45, 7) is -0.105. The highest BCUT2D eigenvalue weighted by atomic mass is 35.5. The first-order valence-electron chi connectivity index (χ1n) is 6.84. The number of hydrogen-bond acceptors (Lipinski definition) is 3. The molecule has 0 radical (unpaired) electrons. The Labute approximate surface area is 143 Å². The van der Waals surface area contributed by atoms with Gasteiger partial charge in [0.15, 0.2) is 6.61 Å². The number of ether oxygens (including phenoxy) is 1. The molecule has 0 aliphatic heterocycles. The van der Waals surface area contributed by atoms with Crippen molar-refractivity contribution in [1.82, 2.24) is 4.98 Å². The van der Waals surface area contributed by atoms with E-state index in [-0.39, 0.29) is 12.5 Å². The molecule has 6 heteroatoms. The van der Waals surface area contributed by atoms with Crippen molar-refractivity contribution in [2.75, 3.05) is 11.9 Å². The summed E-state index contributed by atoms with van der Waals surface area (Å²) >= 11 is 11.7. The Hall–Kier alpha value is -2.30. The van der Waals surface area contributed by atoms with E-state index in [0.717, 1.165) is 10.9 Å². The van der Waals surface area contributed by atoms with Crippen molar-refractivity contribution in [3.63, 3.8) is 0 Å². The maximum atomic E-state index is 11.9. The van der Waals surface area contributed by atoms with Gasteiger partial charge in [0.1, 0.15) is 5.75 Å². The second kappa shape index (κ2) is 6.86. The van der Waals surface area contributed by atoms with Crippen molar-refractivity contribution in [3.8, 4) is 5.75 Å². The van der Waals surface area contributed by atoms with Gasteiger partial charge in [-0.15, -0.1) is 0 Å². The minimum absolute atomic E-state index is 0.105. The highest BCUT2D eigenvalue weighted by molar-refractivity contribution is 6.42. The SMILES string of the molecule is O=C(COc1ccc2ncccc2c1)Nc1ccc(Cl)c(Cl)c1. The van der Waals surface area contributed by atoms with Gasteiger partial charge in [0.2, 0.25) is 0 Å². The quantitative estimate of drug-likeness (QED) is 0.753. The highest BCUT2D eigenvalue weighted by Gasteiger charge is 2.06. The zero-order chi connectivity index (χ0) is 16.2. The summed E-state index contributed by atoms with van der Waals surface area (Å²) in [5.41, 5.74) is 1.44. The standard InChI is InChI=1S/C17H12Cl2N2O2/c18-14-5-3-12(9-15(14)19)21-17(22)10-23-13-4-6-16-11(8-13)2-1-7-20-16/h1-9H,10H2,(H,21,22). The summed E-state index contributed by atoms with van der Waals surface area (Å²) in [5.74, 6) is 0.324. The molecule has 1 amide bonds. The van der Waals surface area contributed by atoms with Crippen LogP contribution in [-0.2, 0) is 4.79 Å². The van der Waals surface area contributed by atoms with Crippen LogP contribution in [0.1, 0.15) is 0 Å². The number of aromatic nitrogens is 1. The van der Waals surface area contributed by atoms with Gasteiger partial charge in [0, 0.05) is 17.3 Å². The molecule has 0 unspecified atom stereocenters. The molecule has 1 aromatic heterocycles. The van der Waals surface area contributed by atoms with Gasteiger partial charge in [-0.25, -0.2) is 0 Å². The second-order valence-electron chi connectivity index (χ2n) is 4.82. The molecule has 3 aromatic rings. The number of rotatable bonds is 4. The van der Waals surface area contributed by atoms with Crippen molar-refractivity contribution >= 4 is 45.7 Å². The molecule has 0 saturated carbocycles. The number of anilines is 1. The van der Waals surface area contributed by atoms with E-state index in [1.54, 1.807) is 30.5 Å². The fourth-order valence-corrected chi connectivity index (χ4v) is 2.36. The molecule has 0 aliphatic carbocycles. The normalized spacial score (nSPS) is 10.5. The largest absolute Gasteiger partial charge is 0.484 e. The first kappa shape index (κ1) is 15.6. The summed E-state index contributed by atoms with van der Waals surface area (Å²) in [4.78, 5) is 16.2. The Bertz CT molecular complexity index is 868. The van der Waals surface area contributed by atoms with Crippen LogP contribution in [0.15, 0.2) is 54.7 Å². The molecule has 0 atom stereocenters. The first-order valence-corrected chi connectivity index (χ1v) is 7.60. The van der Waals surface area contributed by atoms with Crippen molar-refractivity contribution < 1.29 is 9.53 Å².